The van der Waals surface area contributed by atoms with E-state index >= 15 is 0 Å². The summed E-state index contributed by atoms with van der Waals surface area (Å²) in [6.45, 7) is 2.76. The fourth-order valence-corrected chi connectivity index (χ4v) is 4.93. The molecule has 2 aromatic carbocycles. The van der Waals surface area contributed by atoms with Gasteiger partial charge in [-0.3, -0.25) is 4.79 Å². The molecule has 1 heterocycles. The number of sulfonamides is 1. The lowest BCUT2D eigenvalue weighted by Gasteiger charge is -2.26. The van der Waals surface area contributed by atoms with Gasteiger partial charge in [0.25, 0.3) is 5.91 Å². The van der Waals surface area contributed by atoms with Crippen molar-refractivity contribution in [2.24, 2.45) is 0 Å². The smallest absolute Gasteiger partial charge is 0.259 e. The van der Waals surface area contributed by atoms with Crippen LogP contribution in [0.25, 0.3) is 0 Å². The molecule has 1 aliphatic rings. The SMILES string of the molecule is COc1ccc(NC(=O)c2cc(C)ccc2O)cc1S(=O)(=O)N1CCCCC1. The first kappa shape index (κ1) is 20.2. The summed E-state index contributed by atoms with van der Waals surface area (Å²) in [7, 11) is -2.32. The third-order valence-electron chi connectivity index (χ3n) is 4.75. The number of phenols is 1. The van der Waals surface area contributed by atoms with Gasteiger partial charge in [-0.1, -0.05) is 18.1 Å². The molecular formula is C20H24N2O5S. The summed E-state index contributed by atoms with van der Waals surface area (Å²) < 4.78 is 32.8. The minimum atomic E-state index is -3.73. The van der Waals surface area contributed by atoms with Crippen molar-refractivity contribution >= 4 is 21.6 Å². The Hall–Kier alpha value is -2.58. The van der Waals surface area contributed by atoms with Crippen LogP contribution in [-0.4, -0.2) is 43.9 Å². The van der Waals surface area contributed by atoms with E-state index in [0.29, 0.717) is 18.8 Å². The summed E-state index contributed by atoms with van der Waals surface area (Å²) in [6.07, 6.45) is 2.66. The predicted molar refractivity (Wildman–Crippen MR) is 106 cm³/mol. The second-order valence-corrected chi connectivity index (χ2v) is 8.71. The molecule has 0 aliphatic carbocycles. The van der Waals surface area contributed by atoms with Gasteiger partial charge in [0, 0.05) is 18.8 Å². The van der Waals surface area contributed by atoms with Gasteiger partial charge in [-0.25, -0.2) is 8.42 Å². The summed E-state index contributed by atoms with van der Waals surface area (Å²) in [4.78, 5) is 12.6. The molecule has 0 radical (unpaired) electrons. The molecule has 2 aromatic rings. The number of nitrogens with one attached hydrogen (secondary N) is 1. The van der Waals surface area contributed by atoms with Crippen LogP contribution in [0.5, 0.6) is 11.5 Å². The van der Waals surface area contributed by atoms with Crippen molar-refractivity contribution < 1.29 is 23.1 Å². The Morgan fingerprint density at radius 3 is 2.50 bits per heavy atom. The average molecular weight is 404 g/mol. The quantitative estimate of drug-likeness (QED) is 0.798. The van der Waals surface area contributed by atoms with Crippen molar-refractivity contribution in [3.63, 3.8) is 0 Å². The molecule has 1 amide bonds. The molecule has 0 bridgehead atoms. The topological polar surface area (TPSA) is 95.9 Å². The molecule has 150 valence electrons. The lowest BCUT2D eigenvalue weighted by atomic mass is 10.1. The Bertz CT molecular complexity index is 982. The monoisotopic (exact) mass is 404 g/mol. The molecule has 1 saturated heterocycles. The third-order valence-corrected chi connectivity index (χ3v) is 6.67. The summed E-state index contributed by atoms with van der Waals surface area (Å²) in [5.74, 6) is -0.438. The van der Waals surface area contributed by atoms with Crippen molar-refractivity contribution in [1.82, 2.24) is 4.31 Å². The highest BCUT2D eigenvalue weighted by Crippen LogP contribution is 2.31. The van der Waals surface area contributed by atoms with Gasteiger partial charge in [0.1, 0.15) is 16.4 Å². The number of phenolic OH excluding ortho intramolecular Hbond substituents is 1. The van der Waals surface area contributed by atoms with Gasteiger partial charge in [0.2, 0.25) is 10.0 Å². The van der Waals surface area contributed by atoms with E-state index in [9.17, 15) is 18.3 Å². The Morgan fingerprint density at radius 1 is 1.11 bits per heavy atom. The van der Waals surface area contributed by atoms with Crippen molar-refractivity contribution in [2.45, 2.75) is 31.1 Å². The first-order chi connectivity index (χ1) is 13.3. The predicted octanol–water partition coefficient (Wildman–Crippen LogP) is 3.14. The van der Waals surface area contributed by atoms with Gasteiger partial charge in [-0.15, -0.1) is 0 Å². The fraction of sp³-hybridized carbons (Fsp3) is 0.350. The van der Waals surface area contributed by atoms with E-state index in [2.05, 4.69) is 5.32 Å². The van der Waals surface area contributed by atoms with Crippen molar-refractivity contribution in [2.75, 3.05) is 25.5 Å². The van der Waals surface area contributed by atoms with E-state index in [0.717, 1.165) is 24.8 Å². The second-order valence-electron chi connectivity index (χ2n) is 6.81. The maximum absolute atomic E-state index is 13.1. The van der Waals surface area contributed by atoms with Crippen LogP contribution < -0.4 is 10.1 Å². The molecule has 1 aliphatic heterocycles. The molecule has 3 rings (SSSR count). The minimum absolute atomic E-state index is 0.0168. The molecular weight excluding hydrogens is 380 g/mol. The summed E-state index contributed by atoms with van der Waals surface area (Å²) in [6, 6.07) is 9.20. The molecule has 1 fully saturated rings. The Labute approximate surface area is 165 Å². The van der Waals surface area contributed by atoms with Crippen LogP contribution in [0.4, 0.5) is 5.69 Å². The van der Waals surface area contributed by atoms with Crippen molar-refractivity contribution in [3.8, 4) is 11.5 Å². The standard InChI is InChI=1S/C20H24N2O5S/c1-14-6-8-17(23)16(12-14)20(24)21-15-7-9-18(27-2)19(13-15)28(25,26)22-10-4-3-5-11-22/h6-9,12-13,23H,3-5,10-11H2,1-2H3,(H,21,24). The van der Waals surface area contributed by atoms with Crippen LogP contribution >= 0.6 is 0 Å². The van der Waals surface area contributed by atoms with Gasteiger partial charge in [-0.05, 0) is 50.1 Å². The lowest BCUT2D eigenvalue weighted by Crippen LogP contribution is -2.35. The lowest BCUT2D eigenvalue weighted by molar-refractivity contribution is 0.102. The molecule has 0 unspecified atom stereocenters. The number of carbonyl (C=O) groups excluding carboxylic acids is 1. The van der Waals surface area contributed by atoms with Crippen molar-refractivity contribution in [3.05, 3.63) is 47.5 Å². The van der Waals surface area contributed by atoms with Gasteiger partial charge in [0.05, 0.1) is 12.7 Å². The second kappa shape index (κ2) is 8.20. The molecule has 28 heavy (non-hydrogen) atoms. The van der Waals surface area contributed by atoms with Gasteiger partial charge < -0.3 is 15.2 Å². The number of carbonyl (C=O) groups is 1. The van der Waals surface area contributed by atoms with Crippen LogP contribution in [-0.2, 0) is 10.0 Å². The van der Waals surface area contributed by atoms with E-state index in [1.807, 2.05) is 6.92 Å². The van der Waals surface area contributed by atoms with Crippen LogP contribution in [0.3, 0.4) is 0 Å². The van der Waals surface area contributed by atoms with E-state index in [4.69, 9.17) is 4.74 Å². The number of aryl methyl sites for hydroxylation is 1. The molecule has 7 nitrogen and oxygen atoms in total. The number of aromatic hydroxyl groups is 1. The van der Waals surface area contributed by atoms with Crippen LogP contribution in [0, 0.1) is 6.92 Å². The number of hydrogen-bond acceptors (Lipinski definition) is 5. The highest BCUT2D eigenvalue weighted by Gasteiger charge is 2.29. The third kappa shape index (κ3) is 4.13. The number of piperidine rings is 1. The zero-order valence-corrected chi connectivity index (χ0v) is 16.8. The number of nitrogens with zero attached hydrogens (tertiary/aromatic N) is 1. The number of ether oxygens (including phenoxy) is 1. The fourth-order valence-electron chi connectivity index (χ4n) is 3.23. The summed E-state index contributed by atoms with van der Waals surface area (Å²) in [5.41, 5.74) is 1.25. The first-order valence-corrected chi connectivity index (χ1v) is 10.6. The molecule has 0 atom stereocenters. The number of rotatable bonds is 5. The number of amides is 1. The zero-order chi connectivity index (χ0) is 20.3. The molecule has 8 heteroatoms. The van der Waals surface area contributed by atoms with Gasteiger partial charge in [0.15, 0.2) is 0 Å². The minimum Gasteiger partial charge on any atom is -0.507 e. The Balaban J connectivity index is 1.92. The number of benzene rings is 2. The number of hydrogen-bond donors (Lipinski definition) is 2. The van der Waals surface area contributed by atoms with Crippen molar-refractivity contribution in [1.29, 1.82) is 0 Å². The molecule has 0 spiro atoms. The molecule has 2 N–H and O–H groups in total. The normalized spacial score (nSPS) is 15.2. The molecule has 0 saturated carbocycles. The number of anilines is 1. The highest BCUT2D eigenvalue weighted by atomic mass is 32.2. The first-order valence-electron chi connectivity index (χ1n) is 9.12. The van der Waals surface area contributed by atoms with Crippen LogP contribution in [0.2, 0.25) is 0 Å². The maximum atomic E-state index is 13.1. The number of methoxy groups -OCH3 is 1. The average Bonchev–Trinajstić information content (AvgIpc) is 2.70. The van der Waals surface area contributed by atoms with E-state index in [-0.39, 0.29) is 22.0 Å². The Kier molecular flexibility index (Phi) is 5.90. The molecule has 0 aromatic heterocycles. The Morgan fingerprint density at radius 2 is 1.82 bits per heavy atom. The maximum Gasteiger partial charge on any atom is 0.259 e. The van der Waals surface area contributed by atoms with E-state index in [1.165, 1.54) is 29.6 Å². The van der Waals surface area contributed by atoms with E-state index in [1.54, 1.807) is 18.2 Å². The summed E-state index contributed by atoms with van der Waals surface area (Å²) >= 11 is 0. The zero-order valence-electron chi connectivity index (χ0n) is 15.9. The van der Waals surface area contributed by atoms with Crippen LogP contribution in [0.1, 0.15) is 35.2 Å². The largest absolute Gasteiger partial charge is 0.507 e. The van der Waals surface area contributed by atoms with Gasteiger partial charge >= 0.3 is 0 Å². The highest BCUT2D eigenvalue weighted by molar-refractivity contribution is 7.89. The van der Waals surface area contributed by atoms with E-state index < -0.39 is 15.9 Å². The van der Waals surface area contributed by atoms with Crippen LogP contribution in [0.15, 0.2) is 41.3 Å². The van der Waals surface area contributed by atoms with Gasteiger partial charge in [-0.2, -0.15) is 4.31 Å². The summed E-state index contributed by atoms with van der Waals surface area (Å²) in [5, 5.41) is 12.6.